The van der Waals surface area contributed by atoms with E-state index in [-0.39, 0.29) is 24.0 Å². The van der Waals surface area contributed by atoms with Crippen molar-refractivity contribution in [3.8, 4) is 5.75 Å². The van der Waals surface area contributed by atoms with Gasteiger partial charge >= 0.3 is 0 Å². The summed E-state index contributed by atoms with van der Waals surface area (Å²) in [4.78, 5) is 24.8. The number of hydrogen-bond acceptors (Lipinski definition) is 6. The van der Waals surface area contributed by atoms with Crippen molar-refractivity contribution in [1.82, 2.24) is 14.8 Å². The number of para-hydroxylation sites is 2. The number of hydrogen-bond donors (Lipinski definition) is 2. The molecule has 0 aliphatic heterocycles. The van der Waals surface area contributed by atoms with Crippen LogP contribution in [0.3, 0.4) is 0 Å². The lowest BCUT2D eigenvalue weighted by Gasteiger charge is -2.10. The molecule has 1 aromatic heterocycles. The first-order valence-corrected chi connectivity index (χ1v) is 11.4. The fourth-order valence-electron chi connectivity index (χ4n) is 2.86. The standard InChI is InChI=1S/C21H21Cl2N5O3S/c1-3-28-18(11-19(29)25-16-6-4-5-7-17(16)31-2)26-27-21(28)32-12-20(30)24-13-8-9-14(22)15(23)10-13/h4-10H,3,11-12H2,1-2H3,(H,24,30)(H,25,29). The van der Waals surface area contributed by atoms with Crippen LogP contribution in [0.2, 0.25) is 10.0 Å². The molecule has 1 heterocycles. The molecule has 0 saturated heterocycles. The molecule has 0 radical (unpaired) electrons. The average molecular weight is 494 g/mol. The summed E-state index contributed by atoms with van der Waals surface area (Å²) in [6.07, 6.45) is 0.0366. The van der Waals surface area contributed by atoms with E-state index in [4.69, 9.17) is 27.9 Å². The average Bonchev–Trinajstić information content (AvgIpc) is 3.16. The van der Waals surface area contributed by atoms with Gasteiger partial charge in [-0.15, -0.1) is 10.2 Å². The predicted octanol–water partition coefficient (Wildman–Crippen LogP) is 4.53. The molecule has 3 rings (SSSR count). The van der Waals surface area contributed by atoms with Crippen LogP contribution in [0.4, 0.5) is 11.4 Å². The lowest BCUT2D eigenvalue weighted by Crippen LogP contribution is -2.18. The quantitative estimate of drug-likeness (QED) is 0.425. The van der Waals surface area contributed by atoms with Crippen molar-refractivity contribution in [3.63, 3.8) is 0 Å². The van der Waals surface area contributed by atoms with Crippen LogP contribution >= 0.6 is 35.0 Å². The van der Waals surface area contributed by atoms with Gasteiger partial charge in [0, 0.05) is 12.2 Å². The van der Waals surface area contributed by atoms with Crippen LogP contribution in [0.25, 0.3) is 0 Å². The van der Waals surface area contributed by atoms with Crippen molar-refractivity contribution >= 4 is 58.2 Å². The van der Waals surface area contributed by atoms with Crippen LogP contribution < -0.4 is 15.4 Å². The van der Waals surface area contributed by atoms with Crippen molar-refractivity contribution in [1.29, 1.82) is 0 Å². The van der Waals surface area contributed by atoms with Gasteiger partial charge in [-0.1, -0.05) is 47.1 Å². The van der Waals surface area contributed by atoms with Crippen LogP contribution in [0, 0.1) is 0 Å². The number of nitrogens with one attached hydrogen (secondary N) is 2. The van der Waals surface area contributed by atoms with Gasteiger partial charge in [0.2, 0.25) is 11.8 Å². The molecule has 0 bridgehead atoms. The molecule has 2 N–H and O–H groups in total. The van der Waals surface area contributed by atoms with Gasteiger partial charge in [0.15, 0.2) is 5.16 Å². The van der Waals surface area contributed by atoms with E-state index in [1.165, 1.54) is 11.8 Å². The van der Waals surface area contributed by atoms with Gasteiger partial charge in [0.1, 0.15) is 11.6 Å². The number of rotatable bonds is 9. The Balaban J connectivity index is 1.59. The molecule has 0 aliphatic carbocycles. The third-order valence-corrected chi connectivity index (χ3v) is 6.05. The molecule has 8 nitrogen and oxygen atoms in total. The molecule has 3 aromatic rings. The molecular weight excluding hydrogens is 473 g/mol. The first-order valence-electron chi connectivity index (χ1n) is 9.64. The minimum atomic E-state index is -0.245. The molecule has 0 unspecified atom stereocenters. The monoisotopic (exact) mass is 493 g/mol. The number of anilines is 2. The zero-order valence-corrected chi connectivity index (χ0v) is 19.7. The summed E-state index contributed by atoms with van der Waals surface area (Å²) in [6, 6.07) is 12.0. The minimum absolute atomic E-state index is 0.0366. The highest BCUT2D eigenvalue weighted by atomic mass is 35.5. The summed E-state index contributed by atoms with van der Waals surface area (Å²) in [7, 11) is 1.54. The normalized spacial score (nSPS) is 10.6. The molecule has 0 saturated carbocycles. The number of methoxy groups -OCH3 is 1. The van der Waals surface area contributed by atoms with Gasteiger partial charge in [-0.2, -0.15) is 0 Å². The van der Waals surface area contributed by atoms with Crippen LogP contribution in [-0.2, 0) is 22.6 Å². The number of thioether (sulfide) groups is 1. The van der Waals surface area contributed by atoms with Gasteiger partial charge in [-0.05, 0) is 37.3 Å². The summed E-state index contributed by atoms with van der Waals surface area (Å²) in [5, 5.41) is 15.2. The van der Waals surface area contributed by atoms with E-state index in [2.05, 4.69) is 20.8 Å². The lowest BCUT2D eigenvalue weighted by molar-refractivity contribution is -0.116. The summed E-state index contributed by atoms with van der Waals surface area (Å²) in [5.74, 6) is 0.723. The number of amides is 2. The Labute approximate surface area is 199 Å². The smallest absolute Gasteiger partial charge is 0.234 e. The fraction of sp³-hybridized carbons (Fsp3) is 0.238. The topological polar surface area (TPSA) is 98.1 Å². The summed E-state index contributed by atoms with van der Waals surface area (Å²) in [5.41, 5.74) is 1.13. The maximum Gasteiger partial charge on any atom is 0.234 e. The Morgan fingerprint density at radius 3 is 2.56 bits per heavy atom. The number of carbonyl (C=O) groups is 2. The summed E-state index contributed by atoms with van der Waals surface area (Å²) < 4.78 is 7.06. The number of carbonyl (C=O) groups excluding carboxylic acids is 2. The second-order valence-electron chi connectivity index (χ2n) is 6.53. The number of nitrogens with zero attached hydrogens (tertiary/aromatic N) is 3. The number of benzene rings is 2. The third-order valence-electron chi connectivity index (χ3n) is 4.35. The van der Waals surface area contributed by atoms with E-state index >= 15 is 0 Å². The van der Waals surface area contributed by atoms with Crippen molar-refractivity contribution in [3.05, 3.63) is 58.3 Å². The first-order chi connectivity index (χ1) is 15.4. The highest BCUT2D eigenvalue weighted by Gasteiger charge is 2.17. The maximum absolute atomic E-state index is 12.5. The van der Waals surface area contributed by atoms with Crippen molar-refractivity contribution in [2.24, 2.45) is 0 Å². The van der Waals surface area contributed by atoms with Gasteiger partial charge < -0.3 is 19.9 Å². The molecule has 0 fully saturated rings. The van der Waals surface area contributed by atoms with E-state index in [9.17, 15) is 9.59 Å². The van der Waals surface area contributed by atoms with E-state index in [1.807, 2.05) is 19.1 Å². The molecule has 0 aliphatic rings. The predicted molar refractivity (Wildman–Crippen MR) is 127 cm³/mol. The van der Waals surface area contributed by atoms with E-state index in [0.29, 0.717) is 44.7 Å². The third kappa shape index (κ3) is 6.15. The molecule has 0 spiro atoms. The molecule has 2 aromatic carbocycles. The number of halogens is 2. The van der Waals surface area contributed by atoms with E-state index in [1.54, 1.807) is 42.0 Å². The maximum atomic E-state index is 12.5. The van der Waals surface area contributed by atoms with Crippen molar-refractivity contribution < 1.29 is 14.3 Å². The second kappa shape index (κ2) is 11.2. The first kappa shape index (κ1) is 23.9. The molecule has 32 heavy (non-hydrogen) atoms. The fourth-order valence-corrected chi connectivity index (χ4v) is 3.98. The summed E-state index contributed by atoms with van der Waals surface area (Å²) in [6.45, 7) is 2.48. The second-order valence-corrected chi connectivity index (χ2v) is 8.29. The van der Waals surface area contributed by atoms with Gasteiger partial charge in [-0.3, -0.25) is 9.59 Å². The van der Waals surface area contributed by atoms with Crippen molar-refractivity contribution in [2.75, 3.05) is 23.5 Å². The summed E-state index contributed by atoms with van der Waals surface area (Å²) >= 11 is 13.1. The molecular formula is C21H21Cl2N5O3S. The Morgan fingerprint density at radius 2 is 1.84 bits per heavy atom. The number of ether oxygens (including phenoxy) is 1. The number of aromatic nitrogens is 3. The minimum Gasteiger partial charge on any atom is -0.495 e. The Hall–Kier alpha value is -2.75. The lowest BCUT2D eigenvalue weighted by atomic mass is 10.2. The highest BCUT2D eigenvalue weighted by Crippen LogP contribution is 2.26. The Kier molecular flexibility index (Phi) is 8.38. The van der Waals surface area contributed by atoms with Crippen LogP contribution in [0.5, 0.6) is 5.75 Å². The molecule has 2 amide bonds. The Bertz CT molecular complexity index is 1120. The van der Waals surface area contributed by atoms with Crippen LogP contribution in [-0.4, -0.2) is 39.4 Å². The van der Waals surface area contributed by atoms with E-state index < -0.39 is 0 Å². The SMILES string of the molecule is CCn1c(CC(=O)Nc2ccccc2OC)nnc1SCC(=O)Nc1ccc(Cl)c(Cl)c1. The molecule has 11 heteroatoms. The Morgan fingerprint density at radius 1 is 1.06 bits per heavy atom. The largest absolute Gasteiger partial charge is 0.495 e. The molecule has 0 atom stereocenters. The zero-order chi connectivity index (χ0) is 23.1. The van der Waals surface area contributed by atoms with Crippen LogP contribution in [0.1, 0.15) is 12.7 Å². The van der Waals surface area contributed by atoms with E-state index in [0.717, 1.165) is 0 Å². The van der Waals surface area contributed by atoms with Gasteiger partial charge in [0.25, 0.3) is 0 Å². The van der Waals surface area contributed by atoms with Gasteiger partial charge in [0.05, 0.1) is 35.0 Å². The highest BCUT2D eigenvalue weighted by molar-refractivity contribution is 7.99. The van der Waals surface area contributed by atoms with Crippen molar-refractivity contribution in [2.45, 2.75) is 25.0 Å². The van der Waals surface area contributed by atoms with Crippen LogP contribution in [0.15, 0.2) is 47.6 Å². The van der Waals surface area contributed by atoms with Gasteiger partial charge in [-0.25, -0.2) is 0 Å². The zero-order valence-electron chi connectivity index (χ0n) is 17.4. The molecule has 168 valence electrons.